The van der Waals surface area contributed by atoms with Gasteiger partial charge in [-0.25, -0.2) is 0 Å². The fraction of sp³-hybridized carbons (Fsp3) is 0.167. The maximum atomic E-state index is 10.5. The molecular weight excluding hydrogens is 303 g/mol. The van der Waals surface area contributed by atoms with Gasteiger partial charge in [-0.2, -0.15) is 10.5 Å². The number of carboxylic acids is 1. The summed E-state index contributed by atoms with van der Waals surface area (Å²) >= 11 is 11.6. The van der Waals surface area contributed by atoms with Crippen LogP contribution in [0, 0.1) is 28.6 Å². The molecule has 0 radical (unpaired) electrons. The first-order chi connectivity index (χ1) is 9.46. The molecule has 0 aromatic heterocycles. The van der Waals surface area contributed by atoms with Crippen LogP contribution in [0.5, 0.6) is 0 Å². The topological polar surface area (TPSA) is 109 Å². The molecule has 20 heavy (non-hydrogen) atoms. The second-order valence-corrected chi connectivity index (χ2v) is 4.44. The van der Waals surface area contributed by atoms with E-state index in [1.165, 1.54) is 18.2 Å². The van der Waals surface area contributed by atoms with E-state index in [-0.39, 0.29) is 5.84 Å². The third-order valence-corrected chi connectivity index (χ3v) is 2.49. The number of hydrogen-bond acceptors (Lipinski definition) is 4. The van der Waals surface area contributed by atoms with E-state index in [0.717, 1.165) is 0 Å². The highest BCUT2D eigenvalue weighted by atomic mass is 35.5. The van der Waals surface area contributed by atoms with Gasteiger partial charge >= 0.3 is 5.97 Å². The number of carbonyl (C=O) groups is 1. The molecule has 1 aromatic carbocycles. The van der Waals surface area contributed by atoms with Gasteiger partial charge < -0.3 is 10.4 Å². The van der Waals surface area contributed by atoms with E-state index in [9.17, 15) is 4.79 Å². The third kappa shape index (κ3) is 4.77. The van der Waals surface area contributed by atoms with Gasteiger partial charge in [-0.05, 0) is 18.2 Å². The first kappa shape index (κ1) is 15.8. The van der Waals surface area contributed by atoms with E-state index in [4.69, 9.17) is 38.8 Å². The molecule has 102 valence electrons. The van der Waals surface area contributed by atoms with Gasteiger partial charge in [0.05, 0.1) is 12.1 Å². The molecule has 0 spiro atoms. The van der Waals surface area contributed by atoms with E-state index in [0.29, 0.717) is 15.7 Å². The third-order valence-electron chi connectivity index (χ3n) is 2.05. The molecule has 0 amide bonds. The van der Waals surface area contributed by atoms with E-state index in [2.05, 4.69) is 10.3 Å². The Balaban J connectivity index is 3.06. The Hall–Kier alpha value is -2.28. The maximum absolute atomic E-state index is 10.5. The fourth-order valence-electron chi connectivity index (χ4n) is 1.28. The van der Waals surface area contributed by atoms with Gasteiger partial charge in [0.2, 0.25) is 0 Å². The van der Waals surface area contributed by atoms with Crippen LogP contribution in [0.2, 0.25) is 10.0 Å². The molecular formula is C12H8Cl2N4O2. The molecule has 0 bridgehead atoms. The van der Waals surface area contributed by atoms with Crippen molar-refractivity contribution in [3.8, 4) is 12.1 Å². The van der Waals surface area contributed by atoms with Crippen molar-refractivity contribution < 1.29 is 9.90 Å². The van der Waals surface area contributed by atoms with Crippen molar-refractivity contribution >= 4 is 40.7 Å². The standard InChI is InChI=1S/C12H8Cl2N4O2/c13-8-1-9(14)3-10(2-8)18-12(7(4-15)5-16)17-6-11(19)20/h1-3,7H,6H2,(H,17,18)(H,19,20). The lowest BCUT2D eigenvalue weighted by atomic mass is 10.1. The lowest BCUT2D eigenvalue weighted by molar-refractivity contribution is -0.135. The Kier molecular flexibility index (Phi) is 5.79. The smallest absolute Gasteiger partial charge is 0.325 e. The van der Waals surface area contributed by atoms with Crippen LogP contribution < -0.4 is 5.32 Å². The Morgan fingerprint density at radius 3 is 2.30 bits per heavy atom. The number of hydrogen-bond donors (Lipinski definition) is 2. The fourth-order valence-corrected chi connectivity index (χ4v) is 1.81. The van der Waals surface area contributed by atoms with E-state index in [1.54, 1.807) is 12.1 Å². The number of halogens is 2. The molecule has 0 saturated carbocycles. The Morgan fingerprint density at radius 2 is 1.85 bits per heavy atom. The summed E-state index contributed by atoms with van der Waals surface area (Å²) in [6, 6.07) is 7.95. The van der Waals surface area contributed by atoms with Crippen molar-refractivity contribution in [2.24, 2.45) is 10.9 Å². The number of benzene rings is 1. The van der Waals surface area contributed by atoms with Crippen molar-refractivity contribution in [1.82, 2.24) is 0 Å². The molecule has 0 atom stereocenters. The van der Waals surface area contributed by atoms with Crippen LogP contribution in [0.4, 0.5) is 5.69 Å². The summed E-state index contributed by atoms with van der Waals surface area (Å²) in [6.07, 6.45) is 0. The molecule has 8 heteroatoms. The normalized spacial score (nSPS) is 10.8. The molecule has 0 aliphatic carbocycles. The molecule has 0 saturated heterocycles. The van der Waals surface area contributed by atoms with Crippen LogP contribution >= 0.6 is 23.2 Å². The van der Waals surface area contributed by atoms with Crippen LogP contribution in [-0.4, -0.2) is 23.5 Å². The van der Waals surface area contributed by atoms with Gasteiger partial charge in [-0.1, -0.05) is 23.2 Å². The van der Waals surface area contributed by atoms with Crippen molar-refractivity contribution in [3.63, 3.8) is 0 Å². The Morgan fingerprint density at radius 1 is 1.30 bits per heavy atom. The van der Waals surface area contributed by atoms with Crippen molar-refractivity contribution in [2.75, 3.05) is 11.9 Å². The molecule has 6 nitrogen and oxygen atoms in total. The minimum Gasteiger partial charge on any atom is -0.480 e. The second kappa shape index (κ2) is 7.34. The monoisotopic (exact) mass is 310 g/mol. The van der Waals surface area contributed by atoms with Crippen LogP contribution in [0.15, 0.2) is 23.2 Å². The zero-order chi connectivity index (χ0) is 15.1. The predicted octanol–water partition coefficient (Wildman–Crippen LogP) is 2.55. The second-order valence-electron chi connectivity index (χ2n) is 3.57. The summed E-state index contributed by atoms with van der Waals surface area (Å²) in [5.74, 6) is -2.47. The number of anilines is 1. The number of aliphatic carboxylic acids is 1. The van der Waals surface area contributed by atoms with Gasteiger partial charge in [-0.3, -0.25) is 9.79 Å². The number of rotatable bonds is 4. The molecule has 0 heterocycles. The van der Waals surface area contributed by atoms with Gasteiger partial charge in [-0.15, -0.1) is 0 Å². The maximum Gasteiger partial charge on any atom is 0.325 e. The molecule has 2 N–H and O–H groups in total. The van der Waals surface area contributed by atoms with Crippen LogP contribution in [0.25, 0.3) is 0 Å². The first-order valence-electron chi connectivity index (χ1n) is 5.24. The zero-order valence-corrected chi connectivity index (χ0v) is 11.5. The SMILES string of the molecule is N#CC(C#N)C(=NCC(=O)O)Nc1cc(Cl)cc(Cl)c1. The minimum atomic E-state index is -1.22. The largest absolute Gasteiger partial charge is 0.480 e. The Labute approximate surface area is 124 Å². The average Bonchev–Trinajstić information content (AvgIpc) is 2.35. The predicted molar refractivity (Wildman–Crippen MR) is 74.7 cm³/mol. The lowest BCUT2D eigenvalue weighted by Gasteiger charge is -2.10. The lowest BCUT2D eigenvalue weighted by Crippen LogP contribution is -2.22. The first-order valence-corrected chi connectivity index (χ1v) is 6.00. The molecule has 1 rings (SSSR count). The molecule has 0 aliphatic rings. The van der Waals surface area contributed by atoms with Gasteiger partial charge in [0.15, 0.2) is 5.92 Å². The number of nitriles is 2. The summed E-state index contributed by atoms with van der Waals surface area (Å²) in [7, 11) is 0. The minimum absolute atomic E-state index is 0.0734. The quantitative estimate of drug-likeness (QED) is 0.656. The zero-order valence-electron chi connectivity index (χ0n) is 9.97. The number of aliphatic imine (C=N–C) groups is 1. The summed E-state index contributed by atoms with van der Waals surface area (Å²) in [6.45, 7) is -0.559. The molecule has 0 unspecified atom stereocenters. The summed E-state index contributed by atoms with van der Waals surface area (Å²) < 4.78 is 0. The Bertz CT molecular complexity index is 597. The average molecular weight is 311 g/mol. The summed E-state index contributed by atoms with van der Waals surface area (Å²) in [5, 5.41) is 29.7. The van der Waals surface area contributed by atoms with Gasteiger partial charge in [0.1, 0.15) is 12.4 Å². The van der Waals surface area contributed by atoms with Crippen LogP contribution in [-0.2, 0) is 4.79 Å². The molecule has 0 aliphatic heterocycles. The summed E-state index contributed by atoms with van der Waals surface area (Å²) in [5.41, 5.74) is 0.405. The highest BCUT2D eigenvalue weighted by Crippen LogP contribution is 2.23. The number of nitrogens with one attached hydrogen (secondary N) is 1. The molecule has 1 aromatic rings. The highest BCUT2D eigenvalue weighted by molar-refractivity contribution is 6.35. The van der Waals surface area contributed by atoms with Crippen LogP contribution in [0.1, 0.15) is 0 Å². The molecule has 0 fully saturated rings. The van der Waals surface area contributed by atoms with Gasteiger partial charge in [0, 0.05) is 15.7 Å². The van der Waals surface area contributed by atoms with Crippen LogP contribution in [0.3, 0.4) is 0 Å². The van der Waals surface area contributed by atoms with Crippen molar-refractivity contribution in [1.29, 1.82) is 10.5 Å². The number of nitrogens with zero attached hydrogens (tertiary/aromatic N) is 3. The van der Waals surface area contributed by atoms with E-state index >= 15 is 0 Å². The van der Waals surface area contributed by atoms with Crippen molar-refractivity contribution in [2.45, 2.75) is 0 Å². The van der Waals surface area contributed by atoms with Crippen molar-refractivity contribution in [3.05, 3.63) is 28.2 Å². The van der Waals surface area contributed by atoms with E-state index in [1.807, 2.05) is 0 Å². The summed E-state index contributed by atoms with van der Waals surface area (Å²) in [4.78, 5) is 14.2. The number of amidine groups is 1. The van der Waals surface area contributed by atoms with Gasteiger partial charge in [0.25, 0.3) is 0 Å². The highest BCUT2D eigenvalue weighted by Gasteiger charge is 2.16. The number of carboxylic acid groups (broad SMARTS) is 1. The van der Waals surface area contributed by atoms with E-state index < -0.39 is 18.4 Å².